The van der Waals surface area contributed by atoms with E-state index in [-0.39, 0.29) is 30.2 Å². The third kappa shape index (κ3) is 9.70. The van der Waals surface area contributed by atoms with Gasteiger partial charge in [-0.3, -0.25) is 9.59 Å². The number of carbonyl (C=O) groups excluding carboxylic acids is 2. The van der Waals surface area contributed by atoms with E-state index < -0.39 is 5.97 Å². The molecule has 0 rings (SSSR count). The molecule has 0 heterocycles. The zero-order valence-electron chi connectivity index (χ0n) is 13.4. The van der Waals surface area contributed by atoms with Gasteiger partial charge < -0.3 is 20.6 Å². The maximum atomic E-state index is 11.8. The van der Waals surface area contributed by atoms with Gasteiger partial charge in [-0.2, -0.15) is 0 Å². The average Bonchev–Trinajstić information content (AvgIpc) is 2.41. The van der Waals surface area contributed by atoms with Gasteiger partial charge in [-0.15, -0.1) is 0 Å². The summed E-state index contributed by atoms with van der Waals surface area (Å²) in [6.45, 7) is 4.80. The summed E-state index contributed by atoms with van der Waals surface area (Å²) in [5.74, 6) is -0.912. The number of urea groups is 1. The Morgan fingerprint density at radius 3 is 2.29 bits per heavy atom. The molecule has 0 aliphatic carbocycles. The molecule has 21 heavy (non-hydrogen) atoms. The quantitative estimate of drug-likeness (QED) is 0.592. The van der Waals surface area contributed by atoms with E-state index in [4.69, 9.17) is 5.11 Å². The highest BCUT2D eigenvalue weighted by atomic mass is 16.4. The van der Waals surface area contributed by atoms with Gasteiger partial charge in [0.2, 0.25) is 5.91 Å². The van der Waals surface area contributed by atoms with Crippen LogP contribution in [0.5, 0.6) is 0 Å². The number of aliphatic carboxylic acids is 1. The van der Waals surface area contributed by atoms with Gasteiger partial charge in [-0.05, 0) is 18.3 Å². The van der Waals surface area contributed by atoms with Crippen LogP contribution in [-0.4, -0.2) is 55.1 Å². The molecule has 0 saturated carbocycles. The zero-order chi connectivity index (χ0) is 16.5. The minimum Gasteiger partial charge on any atom is -0.481 e. The van der Waals surface area contributed by atoms with E-state index in [1.165, 1.54) is 4.90 Å². The average molecular weight is 301 g/mol. The predicted molar refractivity (Wildman–Crippen MR) is 80.0 cm³/mol. The number of rotatable bonds is 9. The lowest BCUT2D eigenvalue weighted by Gasteiger charge is -2.25. The van der Waals surface area contributed by atoms with E-state index in [1.54, 1.807) is 14.1 Å². The number of nitrogens with one attached hydrogen (secondary N) is 2. The van der Waals surface area contributed by atoms with Crippen LogP contribution in [0.1, 0.15) is 39.5 Å². The van der Waals surface area contributed by atoms with E-state index in [9.17, 15) is 14.4 Å². The van der Waals surface area contributed by atoms with Crippen LogP contribution in [-0.2, 0) is 9.59 Å². The van der Waals surface area contributed by atoms with Crippen LogP contribution in [0.2, 0.25) is 0 Å². The fraction of sp³-hybridized carbons (Fsp3) is 0.786. The molecule has 3 amide bonds. The largest absolute Gasteiger partial charge is 0.481 e. The Balaban J connectivity index is 3.96. The van der Waals surface area contributed by atoms with E-state index in [0.717, 1.165) is 0 Å². The Kier molecular flexibility index (Phi) is 8.42. The summed E-state index contributed by atoms with van der Waals surface area (Å²) in [6, 6.07) is -0.229. The summed E-state index contributed by atoms with van der Waals surface area (Å²) >= 11 is 0. The van der Waals surface area contributed by atoms with Crippen molar-refractivity contribution in [2.24, 2.45) is 5.41 Å². The fourth-order valence-corrected chi connectivity index (χ4v) is 1.71. The van der Waals surface area contributed by atoms with Crippen LogP contribution in [0.15, 0.2) is 0 Å². The zero-order valence-corrected chi connectivity index (χ0v) is 13.4. The molecule has 0 atom stereocenters. The Bertz CT molecular complexity index is 369. The Morgan fingerprint density at radius 1 is 1.14 bits per heavy atom. The number of carboxylic acids is 1. The first-order valence-electron chi connectivity index (χ1n) is 7.09. The molecule has 0 aromatic rings. The first kappa shape index (κ1) is 19.2. The molecule has 0 aliphatic heterocycles. The predicted octanol–water partition coefficient (Wildman–Crippen LogP) is 1.04. The molecule has 7 heteroatoms. The monoisotopic (exact) mass is 301 g/mol. The number of nitrogens with zero attached hydrogens (tertiary/aromatic N) is 1. The molecule has 0 aromatic carbocycles. The Hall–Kier alpha value is -1.79. The normalized spacial score (nSPS) is 10.9. The molecule has 0 fully saturated rings. The number of amides is 3. The Labute approximate surface area is 126 Å². The number of hydrogen-bond donors (Lipinski definition) is 3. The molecule has 0 radical (unpaired) electrons. The molecule has 0 aliphatic rings. The van der Waals surface area contributed by atoms with E-state index >= 15 is 0 Å². The second-order valence-electron chi connectivity index (χ2n) is 5.88. The van der Waals surface area contributed by atoms with Crippen molar-refractivity contribution in [1.29, 1.82) is 0 Å². The van der Waals surface area contributed by atoms with Crippen molar-refractivity contribution in [2.45, 2.75) is 39.5 Å². The molecular formula is C14H27N3O4. The summed E-state index contributed by atoms with van der Waals surface area (Å²) in [6.07, 6.45) is 1.68. The lowest BCUT2D eigenvalue weighted by Crippen LogP contribution is -2.40. The third-order valence-corrected chi connectivity index (χ3v) is 3.39. The van der Waals surface area contributed by atoms with Gasteiger partial charge in [0.05, 0.1) is 0 Å². The van der Waals surface area contributed by atoms with Crippen molar-refractivity contribution in [3.05, 3.63) is 0 Å². The number of carbonyl (C=O) groups is 3. The molecule has 0 saturated heterocycles. The molecule has 7 nitrogen and oxygen atoms in total. The van der Waals surface area contributed by atoms with Crippen molar-refractivity contribution < 1.29 is 19.5 Å². The van der Waals surface area contributed by atoms with Gasteiger partial charge in [-0.25, -0.2) is 4.79 Å². The summed E-state index contributed by atoms with van der Waals surface area (Å²) < 4.78 is 0. The first-order chi connectivity index (χ1) is 9.68. The second-order valence-corrected chi connectivity index (χ2v) is 5.88. The number of hydrogen-bond acceptors (Lipinski definition) is 3. The van der Waals surface area contributed by atoms with Crippen molar-refractivity contribution in [1.82, 2.24) is 15.5 Å². The lowest BCUT2D eigenvalue weighted by molar-refractivity contribution is -0.137. The van der Waals surface area contributed by atoms with Gasteiger partial charge in [0.15, 0.2) is 0 Å². The van der Waals surface area contributed by atoms with Gasteiger partial charge in [-0.1, -0.05) is 13.8 Å². The van der Waals surface area contributed by atoms with E-state index in [2.05, 4.69) is 10.6 Å². The molecule has 122 valence electrons. The summed E-state index contributed by atoms with van der Waals surface area (Å²) in [4.78, 5) is 34.9. The molecule has 0 bridgehead atoms. The van der Waals surface area contributed by atoms with Crippen LogP contribution in [0.3, 0.4) is 0 Å². The maximum absolute atomic E-state index is 11.8. The van der Waals surface area contributed by atoms with Crippen molar-refractivity contribution >= 4 is 17.9 Å². The van der Waals surface area contributed by atoms with Gasteiger partial charge in [0.1, 0.15) is 0 Å². The van der Waals surface area contributed by atoms with E-state index in [0.29, 0.717) is 25.9 Å². The maximum Gasteiger partial charge on any atom is 0.317 e. The highest BCUT2D eigenvalue weighted by Gasteiger charge is 2.19. The topological polar surface area (TPSA) is 98.7 Å². The lowest BCUT2D eigenvalue weighted by atomic mass is 9.84. The summed E-state index contributed by atoms with van der Waals surface area (Å²) in [5, 5.41) is 14.0. The van der Waals surface area contributed by atoms with Gasteiger partial charge in [0, 0.05) is 40.0 Å². The molecule has 0 unspecified atom stereocenters. The van der Waals surface area contributed by atoms with E-state index in [1.807, 2.05) is 13.8 Å². The molecule has 0 spiro atoms. The highest BCUT2D eigenvalue weighted by molar-refractivity contribution is 5.77. The van der Waals surface area contributed by atoms with Crippen molar-refractivity contribution in [3.8, 4) is 0 Å². The van der Waals surface area contributed by atoms with Gasteiger partial charge in [0.25, 0.3) is 0 Å². The standard InChI is InChI=1S/C14H27N3O4/c1-14(2,7-5-12(19)20)8-9-16-13(21)17(4)10-6-11(18)15-3/h5-10H2,1-4H3,(H,15,18)(H,16,21)(H,19,20). The molecule has 3 N–H and O–H groups in total. The number of carboxylic acid groups (broad SMARTS) is 1. The van der Waals surface area contributed by atoms with Gasteiger partial charge >= 0.3 is 12.0 Å². The van der Waals surface area contributed by atoms with Crippen LogP contribution in [0, 0.1) is 5.41 Å². The molecular weight excluding hydrogens is 274 g/mol. The first-order valence-corrected chi connectivity index (χ1v) is 7.09. The summed E-state index contributed by atoms with van der Waals surface area (Å²) in [5.41, 5.74) is -0.133. The fourth-order valence-electron chi connectivity index (χ4n) is 1.71. The van der Waals surface area contributed by atoms with Crippen molar-refractivity contribution in [2.75, 3.05) is 27.2 Å². The smallest absolute Gasteiger partial charge is 0.317 e. The SMILES string of the molecule is CNC(=O)CCN(C)C(=O)NCCC(C)(C)CCC(=O)O. The summed E-state index contributed by atoms with van der Waals surface area (Å²) in [7, 11) is 3.19. The Morgan fingerprint density at radius 2 is 1.76 bits per heavy atom. The third-order valence-electron chi connectivity index (χ3n) is 3.39. The van der Waals surface area contributed by atoms with Crippen LogP contribution in [0.25, 0.3) is 0 Å². The highest BCUT2D eigenvalue weighted by Crippen LogP contribution is 2.25. The van der Waals surface area contributed by atoms with Crippen LogP contribution in [0.4, 0.5) is 4.79 Å². The molecule has 0 aromatic heterocycles. The minimum atomic E-state index is -0.805. The van der Waals surface area contributed by atoms with Crippen LogP contribution < -0.4 is 10.6 Å². The van der Waals surface area contributed by atoms with Crippen LogP contribution >= 0.6 is 0 Å². The minimum absolute atomic E-state index is 0.107. The second kappa shape index (κ2) is 9.20. The van der Waals surface area contributed by atoms with Crippen molar-refractivity contribution in [3.63, 3.8) is 0 Å².